The molecular weight excluding hydrogens is 430 g/mol. The molecule has 5 heteroatoms. The predicted molar refractivity (Wildman–Crippen MR) is 145 cm³/mol. The third-order valence-electron chi connectivity index (χ3n) is 6.97. The van der Waals surface area contributed by atoms with Crippen LogP contribution in [0.15, 0.2) is 97.5 Å². The van der Waals surface area contributed by atoms with E-state index in [0.29, 0.717) is 6.04 Å². The summed E-state index contributed by atoms with van der Waals surface area (Å²) in [5.74, 6) is 1.01. The first-order valence-corrected chi connectivity index (χ1v) is 12.2. The van der Waals surface area contributed by atoms with E-state index >= 15 is 0 Å². The minimum Gasteiger partial charge on any atom is -0.365 e. The van der Waals surface area contributed by atoms with Crippen molar-refractivity contribution < 1.29 is 0 Å². The van der Waals surface area contributed by atoms with Gasteiger partial charge in [0.05, 0.1) is 5.39 Å². The summed E-state index contributed by atoms with van der Waals surface area (Å²) in [5, 5.41) is 1.11. The van der Waals surface area contributed by atoms with Crippen molar-refractivity contribution in [3.05, 3.63) is 103 Å². The Labute approximate surface area is 206 Å². The van der Waals surface area contributed by atoms with Gasteiger partial charge in [0.15, 0.2) is 5.65 Å². The summed E-state index contributed by atoms with van der Waals surface area (Å²) < 4.78 is 2.19. The van der Waals surface area contributed by atoms with Crippen LogP contribution in [0.1, 0.15) is 12.5 Å². The molecule has 1 saturated heterocycles. The van der Waals surface area contributed by atoms with Crippen molar-refractivity contribution in [3.63, 3.8) is 0 Å². The lowest BCUT2D eigenvalue weighted by atomic mass is 10.1. The Hall–Kier alpha value is -4.12. The van der Waals surface area contributed by atoms with Gasteiger partial charge in [0, 0.05) is 48.8 Å². The van der Waals surface area contributed by atoms with E-state index in [-0.39, 0.29) is 0 Å². The number of anilines is 2. The van der Waals surface area contributed by atoms with Gasteiger partial charge in [-0.15, -0.1) is 0 Å². The molecule has 1 aliphatic rings. The molecule has 2 aromatic heterocycles. The van der Waals surface area contributed by atoms with Crippen LogP contribution in [-0.4, -0.2) is 40.2 Å². The molecule has 5 nitrogen and oxygen atoms in total. The zero-order valence-corrected chi connectivity index (χ0v) is 20.2. The van der Waals surface area contributed by atoms with Crippen molar-refractivity contribution in [2.24, 2.45) is 0 Å². The number of aromatic nitrogens is 3. The molecule has 1 fully saturated rings. The van der Waals surface area contributed by atoms with Crippen LogP contribution in [0.5, 0.6) is 0 Å². The van der Waals surface area contributed by atoms with Crippen molar-refractivity contribution in [1.29, 1.82) is 0 Å². The van der Waals surface area contributed by atoms with E-state index in [4.69, 9.17) is 9.97 Å². The number of hydrogen-bond acceptors (Lipinski definition) is 4. The van der Waals surface area contributed by atoms with E-state index < -0.39 is 0 Å². The van der Waals surface area contributed by atoms with Crippen LogP contribution in [0, 0.1) is 6.92 Å². The number of para-hydroxylation sites is 1. The second-order valence-electron chi connectivity index (χ2n) is 9.33. The highest BCUT2D eigenvalue weighted by atomic mass is 15.3. The van der Waals surface area contributed by atoms with Crippen LogP contribution >= 0.6 is 0 Å². The Balaban J connectivity index is 1.43. The van der Waals surface area contributed by atoms with E-state index in [9.17, 15) is 0 Å². The van der Waals surface area contributed by atoms with Crippen LogP contribution in [-0.2, 0) is 0 Å². The molecule has 0 aliphatic carbocycles. The Bertz CT molecular complexity index is 1440. The van der Waals surface area contributed by atoms with Crippen LogP contribution in [0.2, 0.25) is 0 Å². The first-order chi connectivity index (χ1) is 17.2. The van der Waals surface area contributed by atoms with E-state index in [2.05, 4.69) is 113 Å². The second kappa shape index (κ2) is 8.91. The predicted octanol–water partition coefficient (Wildman–Crippen LogP) is 6.11. The largest absolute Gasteiger partial charge is 0.365 e. The fourth-order valence-electron chi connectivity index (χ4n) is 5.18. The van der Waals surface area contributed by atoms with E-state index in [1.54, 1.807) is 6.33 Å². The monoisotopic (exact) mass is 459 g/mol. The molecule has 0 amide bonds. The number of rotatable bonds is 4. The zero-order chi connectivity index (χ0) is 23.8. The van der Waals surface area contributed by atoms with Gasteiger partial charge in [0.2, 0.25) is 0 Å². The Kier molecular flexibility index (Phi) is 5.45. The number of aryl methyl sites for hydroxylation is 1. The summed E-state index contributed by atoms with van der Waals surface area (Å²) in [6, 6.07) is 30.2. The van der Waals surface area contributed by atoms with Crippen molar-refractivity contribution in [2.75, 3.05) is 29.4 Å². The highest BCUT2D eigenvalue weighted by molar-refractivity contribution is 6.02. The smallest absolute Gasteiger partial charge is 0.150 e. The van der Waals surface area contributed by atoms with Crippen molar-refractivity contribution in [3.8, 4) is 16.8 Å². The summed E-state index contributed by atoms with van der Waals surface area (Å²) in [6.07, 6.45) is 3.92. The Morgan fingerprint density at radius 3 is 2.20 bits per heavy atom. The maximum atomic E-state index is 4.85. The molecule has 1 unspecified atom stereocenters. The molecule has 35 heavy (non-hydrogen) atoms. The number of benzene rings is 3. The third-order valence-corrected chi connectivity index (χ3v) is 6.97. The van der Waals surface area contributed by atoms with Crippen LogP contribution in [0.3, 0.4) is 0 Å². The van der Waals surface area contributed by atoms with Gasteiger partial charge in [-0.1, -0.05) is 66.2 Å². The van der Waals surface area contributed by atoms with Gasteiger partial charge in [0.1, 0.15) is 12.1 Å². The molecule has 3 aromatic carbocycles. The molecule has 0 bridgehead atoms. The minimum absolute atomic E-state index is 0.368. The van der Waals surface area contributed by atoms with Gasteiger partial charge >= 0.3 is 0 Å². The van der Waals surface area contributed by atoms with Gasteiger partial charge in [0.25, 0.3) is 0 Å². The Morgan fingerprint density at radius 2 is 1.49 bits per heavy atom. The standard InChI is InChI=1S/C30H29N5/c1-22-13-15-26(16-14-22)34-18-17-33(19-23(34)2)29-28-27(24-9-5-3-6-10-24)20-35(30(28)32-21-31-29)25-11-7-4-8-12-25/h3-16,20-21,23H,17-19H2,1-2H3. The second-order valence-corrected chi connectivity index (χ2v) is 9.33. The molecule has 1 aliphatic heterocycles. The summed E-state index contributed by atoms with van der Waals surface area (Å²) in [6.45, 7) is 7.21. The van der Waals surface area contributed by atoms with Crippen LogP contribution in [0.4, 0.5) is 11.5 Å². The maximum Gasteiger partial charge on any atom is 0.150 e. The van der Waals surface area contributed by atoms with E-state index in [1.165, 1.54) is 16.8 Å². The first-order valence-electron chi connectivity index (χ1n) is 12.2. The fourth-order valence-corrected chi connectivity index (χ4v) is 5.18. The third kappa shape index (κ3) is 3.93. The quantitative estimate of drug-likeness (QED) is 0.325. The van der Waals surface area contributed by atoms with Gasteiger partial charge in [-0.25, -0.2) is 9.97 Å². The highest BCUT2D eigenvalue weighted by Crippen LogP contribution is 2.37. The van der Waals surface area contributed by atoms with Gasteiger partial charge < -0.3 is 14.4 Å². The normalized spacial score (nSPS) is 16.1. The van der Waals surface area contributed by atoms with Crippen LogP contribution in [0.25, 0.3) is 27.8 Å². The van der Waals surface area contributed by atoms with Crippen molar-refractivity contribution in [1.82, 2.24) is 14.5 Å². The molecule has 174 valence electrons. The number of hydrogen-bond donors (Lipinski definition) is 0. The average Bonchev–Trinajstić information content (AvgIpc) is 3.30. The molecule has 0 spiro atoms. The van der Waals surface area contributed by atoms with E-state index in [1.807, 2.05) is 6.07 Å². The lowest BCUT2D eigenvalue weighted by molar-refractivity contribution is 0.548. The van der Waals surface area contributed by atoms with Crippen molar-refractivity contribution in [2.45, 2.75) is 19.9 Å². The molecule has 0 N–H and O–H groups in total. The summed E-state index contributed by atoms with van der Waals surface area (Å²) in [5.41, 5.74) is 6.95. The molecule has 0 radical (unpaired) electrons. The molecule has 3 heterocycles. The molecular formula is C30H29N5. The summed E-state index contributed by atoms with van der Waals surface area (Å²) >= 11 is 0. The molecule has 1 atom stereocenters. The summed E-state index contributed by atoms with van der Waals surface area (Å²) in [4.78, 5) is 14.5. The lowest BCUT2D eigenvalue weighted by Gasteiger charge is -2.42. The number of piperazine rings is 1. The average molecular weight is 460 g/mol. The number of nitrogens with zero attached hydrogens (tertiary/aromatic N) is 5. The molecule has 6 rings (SSSR count). The molecule has 0 saturated carbocycles. The van der Waals surface area contributed by atoms with Gasteiger partial charge in [-0.2, -0.15) is 0 Å². The van der Waals surface area contributed by atoms with Crippen molar-refractivity contribution >= 4 is 22.5 Å². The first kappa shape index (κ1) is 21.4. The Morgan fingerprint density at radius 1 is 0.771 bits per heavy atom. The molecule has 5 aromatic rings. The van der Waals surface area contributed by atoms with Crippen LogP contribution < -0.4 is 9.80 Å². The zero-order valence-electron chi connectivity index (χ0n) is 20.2. The summed E-state index contributed by atoms with van der Waals surface area (Å²) in [7, 11) is 0. The highest BCUT2D eigenvalue weighted by Gasteiger charge is 2.28. The maximum absolute atomic E-state index is 4.85. The minimum atomic E-state index is 0.368. The SMILES string of the molecule is Cc1ccc(N2CCN(c3ncnc4c3c(-c3ccccc3)cn4-c3ccccc3)CC2C)cc1. The lowest BCUT2D eigenvalue weighted by Crippen LogP contribution is -2.52. The van der Waals surface area contributed by atoms with E-state index in [0.717, 1.165) is 47.7 Å². The van der Waals surface area contributed by atoms with Gasteiger partial charge in [-0.05, 0) is 43.7 Å². The topological polar surface area (TPSA) is 37.2 Å². The number of fused-ring (bicyclic) bond motifs is 1. The van der Waals surface area contributed by atoms with Gasteiger partial charge in [-0.3, -0.25) is 0 Å². The fraction of sp³-hybridized carbons (Fsp3) is 0.200.